The Balaban J connectivity index is 1.49. The number of aliphatic carboxylic acids is 1. The molecule has 4 rings (SSSR count). The Labute approximate surface area is 149 Å². The van der Waals surface area contributed by atoms with Gasteiger partial charge in [0, 0.05) is 17.6 Å². The van der Waals surface area contributed by atoms with Gasteiger partial charge in [0.05, 0.1) is 22.8 Å². The maximum absolute atomic E-state index is 10.9. The van der Waals surface area contributed by atoms with Gasteiger partial charge in [-0.2, -0.15) is 0 Å². The summed E-state index contributed by atoms with van der Waals surface area (Å²) < 4.78 is 0. The summed E-state index contributed by atoms with van der Waals surface area (Å²) in [4.78, 5) is 26.9. The molecule has 0 saturated heterocycles. The highest BCUT2D eigenvalue weighted by Gasteiger charge is 2.11. The molecule has 0 unspecified atom stereocenters. The Morgan fingerprint density at radius 2 is 1.62 bits per heavy atom. The van der Waals surface area contributed by atoms with Crippen molar-refractivity contribution in [3.05, 3.63) is 83.1 Å². The number of aromatic amines is 1. The predicted molar refractivity (Wildman–Crippen MR) is 103 cm³/mol. The lowest BCUT2D eigenvalue weighted by atomic mass is 10.3. The molecule has 0 radical (unpaired) electrons. The van der Waals surface area contributed by atoms with Crippen LogP contribution in [0.25, 0.3) is 12.2 Å². The molecule has 0 spiro atoms. The summed E-state index contributed by atoms with van der Waals surface area (Å²) in [5.41, 5.74) is 4.96. The maximum Gasteiger partial charge on any atom is 0.354 e. The van der Waals surface area contributed by atoms with Crippen LogP contribution in [0.4, 0.5) is 0 Å². The van der Waals surface area contributed by atoms with Crippen molar-refractivity contribution in [3.8, 4) is 0 Å². The Kier molecular flexibility index (Phi) is 3.99. The molecule has 6 heteroatoms. The first-order valence-electron chi connectivity index (χ1n) is 7.97. The quantitative estimate of drug-likeness (QED) is 0.879. The van der Waals surface area contributed by atoms with Gasteiger partial charge in [-0.1, -0.05) is 0 Å². The number of H-pyrrole nitrogens is 1. The SMILES string of the molecule is O=C(O)C1=N/C(=C/c2ccc(/C=C3/C=CC(/C=C4/C=CC=N4)=N3)[nH]2)C=C1. The minimum Gasteiger partial charge on any atom is -0.477 e. The summed E-state index contributed by atoms with van der Waals surface area (Å²) in [7, 11) is 0. The Hall–Kier alpha value is -3.80. The highest BCUT2D eigenvalue weighted by molar-refractivity contribution is 6.41. The predicted octanol–water partition coefficient (Wildman–Crippen LogP) is 3.33. The third-order valence-electron chi connectivity index (χ3n) is 3.77. The molecule has 6 nitrogen and oxygen atoms in total. The van der Waals surface area contributed by atoms with Crippen LogP contribution >= 0.6 is 0 Å². The zero-order chi connectivity index (χ0) is 17.9. The van der Waals surface area contributed by atoms with E-state index in [0.717, 1.165) is 28.5 Å². The molecule has 3 aliphatic heterocycles. The summed E-state index contributed by atoms with van der Waals surface area (Å²) >= 11 is 0. The zero-order valence-electron chi connectivity index (χ0n) is 13.6. The van der Waals surface area contributed by atoms with Crippen molar-refractivity contribution in [1.82, 2.24) is 4.98 Å². The molecule has 0 aliphatic carbocycles. The molecule has 3 aliphatic rings. The minimum absolute atomic E-state index is 0.0404. The topological polar surface area (TPSA) is 90.2 Å². The average Bonchev–Trinajstić information content (AvgIpc) is 3.38. The highest BCUT2D eigenvalue weighted by atomic mass is 16.4. The normalized spacial score (nSPS) is 22.2. The molecule has 126 valence electrons. The van der Waals surface area contributed by atoms with Crippen molar-refractivity contribution in [2.75, 3.05) is 0 Å². The second-order valence-corrected chi connectivity index (χ2v) is 5.72. The van der Waals surface area contributed by atoms with Gasteiger partial charge in [0.2, 0.25) is 0 Å². The van der Waals surface area contributed by atoms with Crippen LogP contribution in [-0.2, 0) is 4.79 Å². The maximum atomic E-state index is 10.9. The van der Waals surface area contributed by atoms with E-state index >= 15 is 0 Å². The van der Waals surface area contributed by atoms with E-state index in [1.165, 1.54) is 6.08 Å². The third kappa shape index (κ3) is 3.49. The van der Waals surface area contributed by atoms with E-state index in [1.54, 1.807) is 18.4 Å². The number of carboxylic acid groups (broad SMARTS) is 1. The number of carbonyl (C=O) groups is 1. The van der Waals surface area contributed by atoms with Crippen LogP contribution in [0.2, 0.25) is 0 Å². The van der Waals surface area contributed by atoms with E-state index in [1.807, 2.05) is 48.6 Å². The monoisotopic (exact) mass is 342 g/mol. The average molecular weight is 342 g/mol. The summed E-state index contributed by atoms with van der Waals surface area (Å²) in [5, 5.41) is 8.91. The van der Waals surface area contributed by atoms with Gasteiger partial charge in [-0.05, 0) is 66.8 Å². The first-order chi connectivity index (χ1) is 12.7. The Morgan fingerprint density at radius 3 is 2.27 bits per heavy atom. The first kappa shape index (κ1) is 15.7. The van der Waals surface area contributed by atoms with Crippen LogP contribution in [0.15, 0.2) is 86.7 Å². The van der Waals surface area contributed by atoms with E-state index < -0.39 is 5.97 Å². The van der Waals surface area contributed by atoms with E-state index in [0.29, 0.717) is 5.70 Å². The summed E-state index contributed by atoms with van der Waals surface area (Å²) in [5.74, 6) is -1.03. The Morgan fingerprint density at radius 1 is 0.885 bits per heavy atom. The van der Waals surface area contributed by atoms with Crippen LogP contribution in [0, 0.1) is 0 Å². The van der Waals surface area contributed by atoms with E-state index in [2.05, 4.69) is 20.0 Å². The summed E-state index contributed by atoms with van der Waals surface area (Å²) in [6.07, 6.45) is 18.3. The smallest absolute Gasteiger partial charge is 0.354 e. The fraction of sp³-hybridized carbons (Fsp3) is 0. The van der Waals surface area contributed by atoms with Gasteiger partial charge in [0.1, 0.15) is 5.71 Å². The van der Waals surface area contributed by atoms with Gasteiger partial charge in [-0.15, -0.1) is 0 Å². The van der Waals surface area contributed by atoms with Crippen molar-refractivity contribution in [2.45, 2.75) is 0 Å². The third-order valence-corrected chi connectivity index (χ3v) is 3.77. The van der Waals surface area contributed by atoms with E-state index in [9.17, 15) is 4.79 Å². The number of allylic oxidation sites excluding steroid dienone is 6. The zero-order valence-corrected chi connectivity index (χ0v) is 13.6. The van der Waals surface area contributed by atoms with Crippen molar-refractivity contribution >= 4 is 35.8 Å². The number of nitrogens with one attached hydrogen (secondary N) is 1. The van der Waals surface area contributed by atoms with Crippen molar-refractivity contribution in [1.29, 1.82) is 0 Å². The molecule has 1 aromatic rings. The van der Waals surface area contributed by atoms with Crippen LogP contribution < -0.4 is 0 Å². The van der Waals surface area contributed by atoms with Gasteiger partial charge in [0.15, 0.2) is 0 Å². The summed E-state index contributed by atoms with van der Waals surface area (Å²) in [6, 6.07) is 3.84. The number of aliphatic imine (C=N–C) groups is 3. The fourth-order valence-electron chi connectivity index (χ4n) is 2.60. The minimum atomic E-state index is -1.03. The lowest BCUT2D eigenvalue weighted by Crippen LogP contribution is -2.06. The van der Waals surface area contributed by atoms with Gasteiger partial charge >= 0.3 is 5.97 Å². The summed E-state index contributed by atoms with van der Waals surface area (Å²) in [6.45, 7) is 0. The molecule has 0 fully saturated rings. The fourth-order valence-corrected chi connectivity index (χ4v) is 2.60. The van der Waals surface area contributed by atoms with Crippen molar-refractivity contribution in [2.24, 2.45) is 15.0 Å². The molecule has 0 amide bonds. The number of nitrogens with zero attached hydrogens (tertiary/aromatic N) is 3. The highest BCUT2D eigenvalue weighted by Crippen LogP contribution is 2.18. The van der Waals surface area contributed by atoms with Gasteiger partial charge in [-0.25, -0.2) is 14.8 Å². The molecule has 1 aromatic heterocycles. The largest absolute Gasteiger partial charge is 0.477 e. The number of hydrogen-bond donors (Lipinski definition) is 2. The number of rotatable bonds is 4. The molecule has 0 atom stereocenters. The molecule has 0 saturated carbocycles. The molecular weight excluding hydrogens is 328 g/mol. The molecule has 4 heterocycles. The van der Waals surface area contributed by atoms with Crippen LogP contribution in [0.1, 0.15) is 11.4 Å². The van der Waals surface area contributed by atoms with E-state index in [-0.39, 0.29) is 5.71 Å². The number of carboxylic acids is 1. The van der Waals surface area contributed by atoms with Crippen molar-refractivity contribution < 1.29 is 9.90 Å². The van der Waals surface area contributed by atoms with Gasteiger partial charge < -0.3 is 10.1 Å². The standard InChI is InChI=1S/C20H14N4O2/c25-20(26)19-8-7-18(24-19)12-17-6-5-16(23-17)11-15-4-3-14(22-15)10-13-2-1-9-21-13/h1-12,23H,(H,25,26)/b13-10-,15-11-,18-12+. The number of hydrogen-bond acceptors (Lipinski definition) is 4. The molecular formula is C20H14N4O2. The second-order valence-electron chi connectivity index (χ2n) is 5.72. The molecule has 0 bridgehead atoms. The van der Waals surface area contributed by atoms with Gasteiger partial charge in [-0.3, -0.25) is 4.99 Å². The van der Waals surface area contributed by atoms with Crippen LogP contribution in [0.5, 0.6) is 0 Å². The second kappa shape index (κ2) is 6.60. The Bertz CT molecular complexity index is 1040. The molecule has 26 heavy (non-hydrogen) atoms. The number of aromatic nitrogens is 1. The van der Waals surface area contributed by atoms with Gasteiger partial charge in [0.25, 0.3) is 0 Å². The lowest BCUT2D eigenvalue weighted by molar-refractivity contribution is -0.129. The molecule has 2 N–H and O–H groups in total. The lowest BCUT2D eigenvalue weighted by Gasteiger charge is -1.92. The van der Waals surface area contributed by atoms with Crippen molar-refractivity contribution in [3.63, 3.8) is 0 Å². The van der Waals surface area contributed by atoms with Crippen LogP contribution in [-0.4, -0.2) is 33.7 Å². The van der Waals surface area contributed by atoms with E-state index in [4.69, 9.17) is 5.11 Å². The van der Waals surface area contributed by atoms with Crippen LogP contribution in [0.3, 0.4) is 0 Å². The molecule has 0 aromatic carbocycles. The first-order valence-corrected chi connectivity index (χ1v) is 7.97.